The van der Waals surface area contributed by atoms with Crippen LogP contribution in [0.5, 0.6) is 0 Å². The van der Waals surface area contributed by atoms with Crippen molar-refractivity contribution >= 4 is 12.0 Å². The second kappa shape index (κ2) is 5.09. The summed E-state index contributed by atoms with van der Waals surface area (Å²) in [4.78, 5) is 14.9. The van der Waals surface area contributed by atoms with Crippen molar-refractivity contribution in [2.45, 2.75) is 6.92 Å². The van der Waals surface area contributed by atoms with Crippen LogP contribution >= 0.6 is 0 Å². The summed E-state index contributed by atoms with van der Waals surface area (Å²) in [6.07, 6.45) is 6.64. The van der Waals surface area contributed by atoms with Crippen LogP contribution in [0.2, 0.25) is 0 Å². The average Bonchev–Trinajstić information content (AvgIpc) is 2.17. The molecule has 0 aliphatic carbocycles. The molecule has 0 bridgehead atoms. The lowest BCUT2D eigenvalue weighted by molar-refractivity contribution is -0.116. The first-order valence-electron chi connectivity index (χ1n) is 4.19. The van der Waals surface area contributed by atoms with Gasteiger partial charge < -0.3 is 5.32 Å². The Labute approximate surface area is 77.5 Å². The van der Waals surface area contributed by atoms with Gasteiger partial charge in [0.2, 0.25) is 5.91 Å². The maximum Gasteiger partial charge on any atom is 0.243 e. The van der Waals surface area contributed by atoms with E-state index in [0.717, 1.165) is 5.56 Å². The molecule has 0 unspecified atom stereocenters. The number of aromatic nitrogens is 1. The van der Waals surface area contributed by atoms with Gasteiger partial charge in [-0.3, -0.25) is 9.78 Å². The van der Waals surface area contributed by atoms with Crippen LogP contribution in [0.3, 0.4) is 0 Å². The molecule has 0 radical (unpaired) electrons. The number of amides is 1. The zero-order valence-corrected chi connectivity index (χ0v) is 7.53. The fraction of sp³-hybridized carbons (Fsp3) is 0.200. The van der Waals surface area contributed by atoms with E-state index in [9.17, 15) is 4.79 Å². The fourth-order valence-electron chi connectivity index (χ4n) is 0.880. The molecule has 0 aromatic carbocycles. The summed E-state index contributed by atoms with van der Waals surface area (Å²) < 4.78 is 0. The molecule has 0 aliphatic rings. The van der Waals surface area contributed by atoms with E-state index in [2.05, 4.69) is 10.3 Å². The molecule has 0 spiro atoms. The molecule has 1 aromatic rings. The first kappa shape index (κ1) is 9.45. The summed E-state index contributed by atoms with van der Waals surface area (Å²) in [5, 5.41) is 2.67. The number of hydrogen-bond donors (Lipinski definition) is 1. The summed E-state index contributed by atoms with van der Waals surface area (Å²) in [6, 6.07) is 3.72. The lowest BCUT2D eigenvalue weighted by Crippen LogP contribution is -2.19. The molecular weight excluding hydrogens is 164 g/mol. The van der Waals surface area contributed by atoms with E-state index in [4.69, 9.17) is 0 Å². The van der Waals surface area contributed by atoms with Gasteiger partial charge in [-0.2, -0.15) is 0 Å². The van der Waals surface area contributed by atoms with Crippen LogP contribution in [0.15, 0.2) is 30.6 Å². The second-order valence-corrected chi connectivity index (χ2v) is 2.51. The number of carbonyl (C=O) groups is 1. The topological polar surface area (TPSA) is 42.0 Å². The van der Waals surface area contributed by atoms with Crippen molar-refractivity contribution in [1.82, 2.24) is 10.3 Å². The molecule has 1 N–H and O–H groups in total. The summed E-state index contributed by atoms with van der Waals surface area (Å²) in [5.74, 6) is -0.0775. The number of nitrogens with one attached hydrogen (secondary N) is 1. The Morgan fingerprint density at radius 3 is 3.15 bits per heavy atom. The molecule has 0 fully saturated rings. The molecule has 13 heavy (non-hydrogen) atoms. The van der Waals surface area contributed by atoms with E-state index in [1.165, 1.54) is 6.08 Å². The Hall–Kier alpha value is -1.64. The second-order valence-electron chi connectivity index (χ2n) is 2.51. The summed E-state index contributed by atoms with van der Waals surface area (Å²) >= 11 is 0. The van der Waals surface area contributed by atoms with Crippen LogP contribution < -0.4 is 5.32 Å². The van der Waals surface area contributed by atoms with Crippen LogP contribution in [0.1, 0.15) is 12.5 Å². The molecule has 1 heterocycles. The number of nitrogens with zero attached hydrogens (tertiary/aromatic N) is 1. The maximum absolute atomic E-state index is 11.0. The Bertz CT molecular complexity index is 293. The third-order valence-electron chi connectivity index (χ3n) is 1.46. The van der Waals surface area contributed by atoms with E-state index in [1.54, 1.807) is 18.5 Å². The largest absolute Gasteiger partial charge is 0.353 e. The zero-order chi connectivity index (χ0) is 9.52. The number of carbonyl (C=O) groups excluding carboxylic acids is 1. The van der Waals surface area contributed by atoms with E-state index in [1.807, 2.05) is 19.1 Å². The molecule has 3 nitrogen and oxygen atoms in total. The zero-order valence-electron chi connectivity index (χ0n) is 7.53. The molecule has 0 aliphatic heterocycles. The van der Waals surface area contributed by atoms with Gasteiger partial charge in [-0.1, -0.05) is 6.07 Å². The van der Waals surface area contributed by atoms with Gasteiger partial charge in [0.05, 0.1) is 0 Å². The molecular formula is C10H12N2O. The highest BCUT2D eigenvalue weighted by molar-refractivity contribution is 5.91. The van der Waals surface area contributed by atoms with Gasteiger partial charge in [-0.15, -0.1) is 0 Å². The minimum Gasteiger partial charge on any atom is -0.353 e. The van der Waals surface area contributed by atoms with Crippen molar-refractivity contribution in [1.29, 1.82) is 0 Å². The molecule has 1 rings (SSSR count). The first-order valence-corrected chi connectivity index (χ1v) is 4.19. The monoisotopic (exact) mass is 176 g/mol. The molecule has 1 amide bonds. The molecule has 68 valence electrons. The van der Waals surface area contributed by atoms with Crippen molar-refractivity contribution in [3.8, 4) is 0 Å². The minimum absolute atomic E-state index is 0.0775. The summed E-state index contributed by atoms with van der Waals surface area (Å²) in [7, 11) is 0. The third-order valence-corrected chi connectivity index (χ3v) is 1.46. The molecule has 0 saturated carbocycles. The summed E-state index contributed by atoms with van der Waals surface area (Å²) in [5.41, 5.74) is 0.925. The van der Waals surface area contributed by atoms with Crippen LogP contribution in [0.4, 0.5) is 0 Å². The Morgan fingerprint density at radius 2 is 2.54 bits per heavy atom. The highest BCUT2D eigenvalue weighted by Crippen LogP contribution is 1.97. The van der Waals surface area contributed by atoms with E-state index < -0.39 is 0 Å². The van der Waals surface area contributed by atoms with Gasteiger partial charge in [0.1, 0.15) is 0 Å². The number of rotatable bonds is 3. The predicted molar refractivity (Wildman–Crippen MR) is 52.0 cm³/mol. The lowest BCUT2D eigenvalue weighted by Gasteiger charge is -1.94. The van der Waals surface area contributed by atoms with Gasteiger partial charge in [0, 0.05) is 25.0 Å². The maximum atomic E-state index is 11.0. The highest BCUT2D eigenvalue weighted by atomic mass is 16.1. The fourth-order valence-corrected chi connectivity index (χ4v) is 0.880. The molecule has 0 atom stereocenters. The van der Waals surface area contributed by atoms with Crippen molar-refractivity contribution in [3.05, 3.63) is 36.2 Å². The average molecular weight is 176 g/mol. The highest BCUT2D eigenvalue weighted by Gasteiger charge is 1.90. The SMILES string of the molecule is CCNC(=O)C=Cc1cccnc1. The van der Waals surface area contributed by atoms with Crippen molar-refractivity contribution in [3.63, 3.8) is 0 Å². The van der Waals surface area contributed by atoms with Crippen LogP contribution in [0.25, 0.3) is 6.08 Å². The van der Waals surface area contributed by atoms with Crippen molar-refractivity contribution in [2.24, 2.45) is 0 Å². The molecule has 1 aromatic heterocycles. The van der Waals surface area contributed by atoms with Gasteiger partial charge in [-0.05, 0) is 24.6 Å². The first-order chi connectivity index (χ1) is 6.33. The number of hydrogen-bond acceptors (Lipinski definition) is 2. The predicted octanol–water partition coefficient (Wildman–Crippen LogP) is 1.23. The van der Waals surface area contributed by atoms with E-state index in [-0.39, 0.29) is 5.91 Å². The third kappa shape index (κ3) is 3.51. The van der Waals surface area contributed by atoms with Crippen LogP contribution in [0, 0.1) is 0 Å². The van der Waals surface area contributed by atoms with Crippen LogP contribution in [-0.2, 0) is 4.79 Å². The van der Waals surface area contributed by atoms with Gasteiger partial charge in [-0.25, -0.2) is 0 Å². The quantitative estimate of drug-likeness (QED) is 0.704. The standard InChI is InChI=1S/C10H12N2O/c1-2-12-10(13)6-5-9-4-3-7-11-8-9/h3-8H,2H2,1H3,(H,12,13). The van der Waals surface area contributed by atoms with Crippen molar-refractivity contribution < 1.29 is 4.79 Å². The Morgan fingerprint density at radius 1 is 1.69 bits per heavy atom. The lowest BCUT2D eigenvalue weighted by atomic mass is 10.2. The minimum atomic E-state index is -0.0775. The van der Waals surface area contributed by atoms with E-state index >= 15 is 0 Å². The van der Waals surface area contributed by atoms with Gasteiger partial charge >= 0.3 is 0 Å². The Kier molecular flexibility index (Phi) is 3.70. The smallest absolute Gasteiger partial charge is 0.243 e. The summed E-state index contributed by atoms with van der Waals surface area (Å²) in [6.45, 7) is 2.53. The van der Waals surface area contributed by atoms with Gasteiger partial charge in [0.25, 0.3) is 0 Å². The number of likely N-dealkylation sites (N-methyl/N-ethyl adjacent to an activating group) is 1. The Balaban J connectivity index is 2.54. The normalized spacial score (nSPS) is 10.2. The van der Waals surface area contributed by atoms with E-state index in [0.29, 0.717) is 6.54 Å². The van der Waals surface area contributed by atoms with Gasteiger partial charge in [0.15, 0.2) is 0 Å². The number of pyridine rings is 1. The van der Waals surface area contributed by atoms with Crippen LogP contribution in [-0.4, -0.2) is 17.4 Å². The molecule has 3 heteroatoms. The van der Waals surface area contributed by atoms with Crippen molar-refractivity contribution in [2.75, 3.05) is 6.54 Å². The molecule has 0 saturated heterocycles.